The molecule has 0 unspecified atom stereocenters. The van der Waals surface area contributed by atoms with Gasteiger partial charge in [-0.3, -0.25) is 9.59 Å². The van der Waals surface area contributed by atoms with Crippen molar-refractivity contribution in [2.24, 2.45) is 0 Å². The van der Waals surface area contributed by atoms with Crippen molar-refractivity contribution in [3.05, 3.63) is 70.8 Å². The lowest BCUT2D eigenvalue weighted by atomic mass is 10.0. The summed E-state index contributed by atoms with van der Waals surface area (Å²) in [6, 6.07) is 16.1. The maximum Gasteiger partial charge on any atom is 0.277 e. The van der Waals surface area contributed by atoms with E-state index in [1.165, 1.54) is 0 Å². The number of amides is 2. The van der Waals surface area contributed by atoms with Gasteiger partial charge in [0.05, 0.1) is 11.3 Å². The summed E-state index contributed by atoms with van der Waals surface area (Å²) < 4.78 is 0. The lowest BCUT2D eigenvalue weighted by Crippen LogP contribution is -2.31. The second kappa shape index (κ2) is 5.19. The maximum absolute atomic E-state index is 12.6. The largest absolute Gasteiger partial charge is 0.277 e. The first-order valence-corrected chi connectivity index (χ1v) is 6.88. The van der Waals surface area contributed by atoms with Gasteiger partial charge in [0.25, 0.3) is 11.8 Å². The average Bonchev–Trinajstić information content (AvgIpc) is 2.72. The Labute approximate surface area is 127 Å². The van der Waals surface area contributed by atoms with Crippen LogP contribution in [0.15, 0.2) is 59.6 Å². The molecule has 2 aromatic carbocycles. The van der Waals surface area contributed by atoms with Gasteiger partial charge in [-0.05, 0) is 24.6 Å². The van der Waals surface area contributed by atoms with E-state index in [0.29, 0.717) is 11.3 Å². The van der Waals surface area contributed by atoms with E-state index >= 15 is 0 Å². The molecule has 0 saturated heterocycles. The normalized spacial score (nSPS) is 15.0. The summed E-state index contributed by atoms with van der Waals surface area (Å²) >= 11 is 6.11. The zero-order valence-electron chi connectivity index (χ0n) is 11.3. The number of benzene rings is 2. The molecule has 4 heteroatoms. The molecular formula is C17H12ClNO2. The standard InChI is InChI=1S/C17H12ClNO2/c1-11-7-9-12(10-8-11)14-15(18)17(21)19(16(14)20)13-5-3-2-4-6-13/h2-10H,1H3. The number of carbonyl (C=O) groups is 2. The molecule has 21 heavy (non-hydrogen) atoms. The molecule has 1 aliphatic rings. The van der Waals surface area contributed by atoms with Gasteiger partial charge in [0.1, 0.15) is 5.03 Å². The predicted molar refractivity (Wildman–Crippen MR) is 82.9 cm³/mol. The van der Waals surface area contributed by atoms with Crippen LogP contribution in [-0.2, 0) is 9.59 Å². The van der Waals surface area contributed by atoms with Gasteiger partial charge in [-0.15, -0.1) is 0 Å². The molecule has 0 aliphatic carbocycles. The molecule has 1 aliphatic heterocycles. The van der Waals surface area contributed by atoms with Crippen LogP contribution in [0.4, 0.5) is 5.69 Å². The first-order chi connectivity index (χ1) is 10.1. The van der Waals surface area contributed by atoms with Gasteiger partial charge in [0, 0.05) is 0 Å². The highest BCUT2D eigenvalue weighted by Gasteiger charge is 2.38. The Balaban J connectivity index is 2.05. The first kappa shape index (κ1) is 13.6. The van der Waals surface area contributed by atoms with Crippen LogP contribution in [0.25, 0.3) is 5.57 Å². The van der Waals surface area contributed by atoms with Gasteiger partial charge in [-0.1, -0.05) is 59.6 Å². The number of imide groups is 1. The topological polar surface area (TPSA) is 37.4 Å². The summed E-state index contributed by atoms with van der Waals surface area (Å²) in [7, 11) is 0. The van der Waals surface area contributed by atoms with E-state index in [2.05, 4.69) is 0 Å². The van der Waals surface area contributed by atoms with Crippen molar-refractivity contribution in [2.45, 2.75) is 6.92 Å². The molecule has 2 aromatic rings. The Bertz CT molecular complexity index is 748. The maximum atomic E-state index is 12.6. The van der Waals surface area contributed by atoms with Crippen molar-refractivity contribution >= 4 is 34.7 Å². The third kappa shape index (κ3) is 2.26. The van der Waals surface area contributed by atoms with E-state index in [9.17, 15) is 9.59 Å². The third-order valence-corrected chi connectivity index (χ3v) is 3.73. The number of hydrogen-bond acceptors (Lipinski definition) is 2. The van der Waals surface area contributed by atoms with Gasteiger partial charge in [0.15, 0.2) is 0 Å². The molecule has 0 spiro atoms. The number of halogens is 1. The summed E-state index contributed by atoms with van der Waals surface area (Å²) in [6.45, 7) is 1.96. The molecule has 1 heterocycles. The Hall–Kier alpha value is -2.39. The Morgan fingerprint density at radius 3 is 2.10 bits per heavy atom. The monoisotopic (exact) mass is 297 g/mol. The molecule has 0 aromatic heterocycles. The number of hydrogen-bond donors (Lipinski definition) is 0. The third-order valence-electron chi connectivity index (χ3n) is 3.38. The fourth-order valence-corrected chi connectivity index (χ4v) is 2.56. The van der Waals surface area contributed by atoms with E-state index in [1.807, 2.05) is 25.1 Å². The van der Waals surface area contributed by atoms with Crippen LogP contribution in [0.5, 0.6) is 0 Å². The highest BCUT2D eigenvalue weighted by atomic mass is 35.5. The summed E-state index contributed by atoms with van der Waals surface area (Å²) in [5.74, 6) is -0.872. The van der Waals surface area contributed by atoms with Gasteiger partial charge in [-0.25, -0.2) is 4.90 Å². The molecule has 104 valence electrons. The van der Waals surface area contributed by atoms with Crippen molar-refractivity contribution in [2.75, 3.05) is 4.90 Å². The first-order valence-electron chi connectivity index (χ1n) is 6.50. The van der Waals surface area contributed by atoms with Gasteiger partial charge in [-0.2, -0.15) is 0 Å². The SMILES string of the molecule is Cc1ccc(C2=C(Cl)C(=O)N(c3ccccc3)C2=O)cc1. The zero-order valence-corrected chi connectivity index (χ0v) is 12.1. The number of anilines is 1. The van der Waals surface area contributed by atoms with Gasteiger partial charge in [0.2, 0.25) is 0 Å². The fourth-order valence-electron chi connectivity index (χ4n) is 2.29. The quantitative estimate of drug-likeness (QED) is 0.795. The smallest absolute Gasteiger partial charge is 0.268 e. The minimum Gasteiger partial charge on any atom is -0.268 e. The van der Waals surface area contributed by atoms with Crippen molar-refractivity contribution in [3.63, 3.8) is 0 Å². The molecule has 3 rings (SSSR count). The van der Waals surface area contributed by atoms with Crippen LogP contribution in [-0.4, -0.2) is 11.8 Å². The Kier molecular flexibility index (Phi) is 3.35. The van der Waals surface area contributed by atoms with Crippen molar-refractivity contribution < 1.29 is 9.59 Å². The average molecular weight is 298 g/mol. The van der Waals surface area contributed by atoms with E-state index in [1.54, 1.807) is 36.4 Å². The van der Waals surface area contributed by atoms with Crippen molar-refractivity contribution in [3.8, 4) is 0 Å². The Morgan fingerprint density at radius 1 is 0.857 bits per heavy atom. The summed E-state index contributed by atoms with van der Waals surface area (Å²) in [6.07, 6.45) is 0. The highest BCUT2D eigenvalue weighted by Crippen LogP contribution is 2.34. The van der Waals surface area contributed by atoms with Crippen LogP contribution >= 0.6 is 11.6 Å². The van der Waals surface area contributed by atoms with Gasteiger partial charge >= 0.3 is 0 Å². The summed E-state index contributed by atoms with van der Waals surface area (Å²) in [5, 5.41) is -0.0345. The molecule has 0 N–H and O–H groups in total. The second-order valence-corrected chi connectivity index (χ2v) is 5.21. The lowest BCUT2D eigenvalue weighted by molar-refractivity contribution is -0.119. The summed E-state index contributed by atoms with van der Waals surface area (Å²) in [4.78, 5) is 26.0. The number of nitrogens with zero attached hydrogens (tertiary/aromatic N) is 1. The minimum absolute atomic E-state index is 0.0345. The lowest BCUT2D eigenvalue weighted by Gasteiger charge is -2.14. The van der Waals surface area contributed by atoms with E-state index in [0.717, 1.165) is 10.5 Å². The fraction of sp³-hybridized carbons (Fsp3) is 0.0588. The van der Waals surface area contributed by atoms with Crippen LogP contribution < -0.4 is 4.90 Å². The van der Waals surface area contributed by atoms with E-state index < -0.39 is 5.91 Å². The van der Waals surface area contributed by atoms with E-state index in [-0.39, 0.29) is 16.5 Å². The molecule has 0 saturated carbocycles. The van der Waals surface area contributed by atoms with Crippen LogP contribution in [0.3, 0.4) is 0 Å². The molecule has 0 bridgehead atoms. The summed E-state index contributed by atoms with van der Waals surface area (Å²) in [5.41, 5.74) is 2.51. The molecule has 0 radical (unpaired) electrons. The highest BCUT2D eigenvalue weighted by molar-refractivity contribution is 6.60. The second-order valence-electron chi connectivity index (χ2n) is 4.84. The predicted octanol–water partition coefficient (Wildman–Crippen LogP) is 3.52. The molecule has 2 amide bonds. The molecule has 0 atom stereocenters. The van der Waals surface area contributed by atoms with Crippen molar-refractivity contribution in [1.29, 1.82) is 0 Å². The van der Waals surface area contributed by atoms with E-state index in [4.69, 9.17) is 11.6 Å². The molecule has 3 nitrogen and oxygen atoms in total. The Morgan fingerprint density at radius 2 is 1.48 bits per heavy atom. The van der Waals surface area contributed by atoms with Crippen LogP contribution in [0, 0.1) is 6.92 Å². The van der Waals surface area contributed by atoms with Crippen molar-refractivity contribution in [1.82, 2.24) is 0 Å². The number of para-hydroxylation sites is 1. The van der Waals surface area contributed by atoms with Crippen LogP contribution in [0.1, 0.15) is 11.1 Å². The van der Waals surface area contributed by atoms with Gasteiger partial charge < -0.3 is 0 Å². The number of aryl methyl sites for hydroxylation is 1. The molecule has 0 fully saturated rings. The molecular weight excluding hydrogens is 286 g/mol. The van der Waals surface area contributed by atoms with Crippen LogP contribution in [0.2, 0.25) is 0 Å². The minimum atomic E-state index is -0.483. The zero-order chi connectivity index (χ0) is 15.0. The number of carbonyl (C=O) groups excluding carboxylic acids is 2. The number of rotatable bonds is 2.